The van der Waals surface area contributed by atoms with Gasteiger partial charge in [0.05, 0.1) is 13.7 Å². The summed E-state index contributed by atoms with van der Waals surface area (Å²) in [4.78, 5) is 37.8. The zero-order valence-electron chi connectivity index (χ0n) is 17.5. The maximum Gasteiger partial charge on any atom is 0.373 e. The molecule has 3 aromatic rings. The van der Waals surface area contributed by atoms with Gasteiger partial charge in [0, 0.05) is 16.1 Å². The van der Waals surface area contributed by atoms with Gasteiger partial charge in [0.2, 0.25) is 5.76 Å². The topological polar surface area (TPSA) is 98.1 Å². The Hall–Kier alpha value is -4.04. The van der Waals surface area contributed by atoms with Gasteiger partial charge in [-0.25, -0.2) is 9.59 Å². The van der Waals surface area contributed by atoms with E-state index in [1.54, 1.807) is 36.4 Å². The van der Waals surface area contributed by atoms with Gasteiger partial charge in [0.1, 0.15) is 23.8 Å². The minimum Gasteiger partial charge on any atom is -0.488 e. The highest BCUT2D eigenvalue weighted by atomic mass is 35.5. The molecule has 0 radical (unpaired) electrons. The van der Waals surface area contributed by atoms with Crippen molar-refractivity contribution in [2.24, 2.45) is 0 Å². The third kappa shape index (κ3) is 4.91. The molecule has 1 saturated heterocycles. The van der Waals surface area contributed by atoms with Crippen molar-refractivity contribution in [2.45, 2.75) is 13.2 Å². The first kappa shape index (κ1) is 22.2. The fraction of sp³-hybridized carbons (Fsp3) is 0.125. The molecule has 1 aromatic heterocycles. The van der Waals surface area contributed by atoms with Crippen molar-refractivity contribution in [2.75, 3.05) is 7.11 Å². The summed E-state index contributed by atoms with van der Waals surface area (Å²) < 4.78 is 15.9. The van der Waals surface area contributed by atoms with E-state index < -0.39 is 17.9 Å². The van der Waals surface area contributed by atoms with Crippen LogP contribution in [0.1, 0.15) is 27.4 Å². The molecule has 0 saturated carbocycles. The van der Waals surface area contributed by atoms with Crippen LogP contribution in [-0.2, 0) is 22.7 Å². The maximum absolute atomic E-state index is 12.8. The van der Waals surface area contributed by atoms with E-state index in [9.17, 15) is 14.4 Å². The van der Waals surface area contributed by atoms with Crippen LogP contribution in [0.4, 0.5) is 4.79 Å². The number of halogens is 1. The molecule has 2 aromatic carbocycles. The van der Waals surface area contributed by atoms with Crippen LogP contribution >= 0.6 is 11.6 Å². The molecule has 2 heterocycles. The third-order valence-electron chi connectivity index (χ3n) is 4.88. The van der Waals surface area contributed by atoms with E-state index in [1.165, 1.54) is 19.2 Å². The quantitative estimate of drug-likeness (QED) is 0.315. The molecule has 1 aliphatic heterocycles. The number of furan rings is 1. The summed E-state index contributed by atoms with van der Waals surface area (Å²) in [6, 6.07) is 16.8. The van der Waals surface area contributed by atoms with Crippen LogP contribution in [0.3, 0.4) is 0 Å². The normalized spacial score (nSPS) is 14.5. The largest absolute Gasteiger partial charge is 0.488 e. The molecule has 1 aliphatic rings. The Morgan fingerprint density at radius 3 is 2.64 bits per heavy atom. The molecule has 0 aliphatic carbocycles. The van der Waals surface area contributed by atoms with Crippen LogP contribution in [0.2, 0.25) is 5.02 Å². The highest BCUT2D eigenvalue weighted by Crippen LogP contribution is 2.25. The first-order valence-corrected chi connectivity index (χ1v) is 10.3. The average molecular weight is 467 g/mol. The van der Waals surface area contributed by atoms with Crippen LogP contribution in [0.25, 0.3) is 6.08 Å². The number of esters is 1. The van der Waals surface area contributed by atoms with Crippen molar-refractivity contribution < 1.29 is 28.3 Å². The number of methoxy groups -OCH3 is 1. The number of carbonyl (C=O) groups excluding carboxylic acids is 3. The monoisotopic (exact) mass is 466 g/mol. The molecule has 3 amide bonds. The predicted molar refractivity (Wildman–Crippen MR) is 119 cm³/mol. The maximum atomic E-state index is 12.8. The number of para-hydroxylation sites is 1. The molecule has 4 rings (SSSR count). The summed E-state index contributed by atoms with van der Waals surface area (Å²) in [5.74, 6) is -0.396. The van der Waals surface area contributed by atoms with Crippen molar-refractivity contribution in [3.8, 4) is 5.75 Å². The van der Waals surface area contributed by atoms with E-state index in [1.807, 2.05) is 18.2 Å². The molecule has 8 nitrogen and oxygen atoms in total. The van der Waals surface area contributed by atoms with E-state index in [2.05, 4.69) is 10.1 Å². The van der Waals surface area contributed by atoms with Crippen LogP contribution in [0.15, 0.2) is 70.8 Å². The van der Waals surface area contributed by atoms with Gasteiger partial charge < -0.3 is 19.2 Å². The number of amides is 3. The number of rotatable bonds is 7. The van der Waals surface area contributed by atoms with E-state index in [-0.39, 0.29) is 30.4 Å². The summed E-state index contributed by atoms with van der Waals surface area (Å²) in [7, 11) is 1.23. The van der Waals surface area contributed by atoms with E-state index in [4.69, 9.17) is 20.8 Å². The Balaban J connectivity index is 1.50. The molecule has 1 N–H and O–H groups in total. The number of hydrogen-bond acceptors (Lipinski definition) is 6. The number of imide groups is 1. The van der Waals surface area contributed by atoms with Crippen molar-refractivity contribution in [3.63, 3.8) is 0 Å². The SMILES string of the molecule is COC(=O)c1ccc(CN2C(=O)NC(=Cc3ccccc3OCc3ccccc3Cl)C2=O)o1. The molecule has 168 valence electrons. The van der Waals surface area contributed by atoms with E-state index >= 15 is 0 Å². The second kappa shape index (κ2) is 9.62. The number of nitrogens with zero attached hydrogens (tertiary/aromatic N) is 1. The van der Waals surface area contributed by atoms with Gasteiger partial charge >= 0.3 is 12.0 Å². The van der Waals surface area contributed by atoms with E-state index in [0.29, 0.717) is 16.3 Å². The Labute approximate surface area is 194 Å². The summed E-state index contributed by atoms with van der Waals surface area (Å²) in [5.41, 5.74) is 1.53. The first-order valence-electron chi connectivity index (χ1n) is 9.93. The van der Waals surface area contributed by atoms with Gasteiger partial charge in [0.25, 0.3) is 5.91 Å². The fourth-order valence-electron chi connectivity index (χ4n) is 3.20. The van der Waals surface area contributed by atoms with Gasteiger partial charge in [-0.1, -0.05) is 48.0 Å². The first-order chi connectivity index (χ1) is 16.0. The lowest BCUT2D eigenvalue weighted by Crippen LogP contribution is -2.30. The lowest BCUT2D eigenvalue weighted by molar-refractivity contribution is -0.123. The van der Waals surface area contributed by atoms with Crippen LogP contribution in [0, 0.1) is 0 Å². The number of benzene rings is 2. The second-order valence-corrected chi connectivity index (χ2v) is 7.46. The minimum atomic E-state index is -0.646. The number of ether oxygens (including phenoxy) is 2. The highest BCUT2D eigenvalue weighted by molar-refractivity contribution is 6.31. The van der Waals surface area contributed by atoms with Crippen molar-refractivity contribution >= 4 is 35.6 Å². The molecule has 0 spiro atoms. The second-order valence-electron chi connectivity index (χ2n) is 7.05. The molecule has 1 fully saturated rings. The summed E-state index contributed by atoms with van der Waals surface area (Å²) in [6.45, 7) is 0.108. The van der Waals surface area contributed by atoms with Crippen molar-refractivity contribution in [1.29, 1.82) is 0 Å². The predicted octanol–water partition coefficient (Wildman–Crippen LogP) is 4.39. The van der Waals surface area contributed by atoms with Gasteiger partial charge in [-0.15, -0.1) is 0 Å². The number of carbonyl (C=O) groups is 3. The lowest BCUT2D eigenvalue weighted by atomic mass is 10.1. The smallest absolute Gasteiger partial charge is 0.373 e. The van der Waals surface area contributed by atoms with Crippen molar-refractivity contribution in [3.05, 3.63) is 94.0 Å². The molecular weight excluding hydrogens is 448 g/mol. The molecule has 0 unspecified atom stereocenters. The molecular formula is C24H19ClN2O6. The van der Waals surface area contributed by atoms with E-state index in [0.717, 1.165) is 10.5 Å². The Morgan fingerprint density at radius 1 is 1.09 bits per heavy atom. The zero-order valence-corrected chi connectivity index (χ0v) is 18.3. The number of nitrogens with one attached hydrogen (secondary N) is 1. The highest BCUT2D eigenvalue weighted by Gasteiger charge is 2.34. The molecule has 9 heteroatoms. The minimum absolute atomic E-state index is 0.0140. The fourth-order valence-corrected chi connectivity index (χ4v) is 3.39. The summed E-state index contributed by atoms with van der Waals surface area (Å²) in [5, 5.41) is 3.15. The zero-order chi connectivity index (χ0) is 23.4. The average Bonchev–Trinajstić information content (AvgIpc) is 3.39. The third-order valence-corrected chi connectivity index (χ3v) is 5.25. The Morgan fingerprint density at radius 2 is 1.85 bits per heavy atom. The van der Waals surface area contributed by atoms with Crippen LogP contribution in [-0.4, -0.2) is 29.9 Å². The molecule has 0 atom stereocenters. The lowest BCUT2D eigenvalue weighted by Gasteiger charge is -2.11. The summed E-state index contributed by atoms with van der Waals surface area (Å²) in [6.07, 6.45) is 1.55. The molecule has 0 bridgehead atoms. The summed E-state index contributed by atoms with van der Waals surface area (Å²) >= 11 is 6.19. The van der Waals surface area contributed by atoms with Gasteiger partial charge in [0.15, 0.2) is 0 Å². The standard InChI is InChI=1S/C24H19ClN2O6/c1-31-23(29)21-11-10-17(33-21)13-27-22(28)19(26-24(27)30)12-15-6-3-5-9-20(15)32-14-16-7-2-4-8-18(16)25/h2-12H,13-14H2,1H3,(H,26,30). The Bertz CT molecular complexity index is 1250. The number of urea groups is 1. The Kier molecular flexibility index (Phi) is 6.46. The van der Waals surface area contributed by atoms with Gasteiger partial charge in [-0.05, 0) is 30.3 Å². The number of hydrogen-bond donors (Lipinski definition) is 1. The van der Waals surface area contributed by atoms with Crippen molar-refractivity contribution in [1.82, 2.24) is 10.2 Å². The molecule has 33 heavy (non-hydrogen) atoms. The van der Waals surface area contributed by atoms with Crippen LogP contribution < -0.4 is 10.1 Å². The van der Waals surface area contributed by atoms with Crippen LogP contribution in [0.5, 0.6) is 5.75 Å². The van der Waals surface area contributed by atoms with Gasteiger partial charge in [-0.3, -0.25) is 9.69 Å². The van der Waals surface area contributed by atoms with Gasteiger partial charge in [-0.2, -0.15) is 0 Å².